The number of hydrogen-bond acceptors (Lipinski definition) is 3. The molecule has 0 radical (unpaired) electrons. The van der Waals surface area contributed by atoms with Gasteiger partial charge in [0, 0.05) is 6.54 Å². The van der Waals surface area contributed by atoms with Crippen LogP contribution in [-0.4, -0.2) is 36.6 Å². The maximum absolute atomic E-state index is 11.6. The number of esters is 1. The highest BCUT2D eigenvalue weighted by molar-refractivity contribution is 5.76. The molecule has 3 heteroatoms. The maximum atomic E-state index is 11.6. The van der Waals surface area contributed by atoms with E-state index in [1.165, 1.54) is 5.57 Å². The van der Waals surface area contributed by atoms with Crippen molar-refractivity contribution in [2.24, 2.45) is 0 Å². The Morgan fingerprint density at radius 2 is 2.27 bits per heavy atom. The number of carbonyl (C=O) groups is 1. The maximum Gasteiger partial charge on any atom is 0.323 e. The highest BCUT2D eigenvalue weighted by Crippen LogP contribution is 2.18. The van der Waals surface area contributed by atoms with E-state index in [1.54, 1.807) is 0 Å². The van der Waals surface area contributed by atoms with Crippen LogP contribution in [0, 0.1) is 0 Å². The molecule has 0 saturated carbocycles. The number of carbonyl (C=O) groups excluding carboxylic acids is 1. The van der Waals surface area contributed by atoms with Crippen molar-refractivity contribution < 1.29 is 9.53 Å². The molecule has 1 rings (SSSR count). The number of allylic oxidation sites excluding steroid dienone is 1. The van der Waals surface area contributed by atoms with Crippen LogP contribution in [0.1, 0.15) is 33.6 Å². The van der Waals surface area contributed by atoms with Crippen molar-refractivity contribution in [3.05, 3.63) is 11.6 Å². The second kappa shape index (κ2) is 5.91. The van der Waals surface area contributed by atoms with Gasteiger partial charge in [-0.2, -0.15) is 0 Å². The summed E-state index contributed by atoms with van der Waals surface area (Å²) in [6.45, 7) is 8.36. The molecule has 3 nitrogen and oxygen atoms in total. The molecule has 0 bridgehead atoms. The molecule has 0 N–H and O–H groups in total. The largest absolute Gasteiger partial charge is 0.465 e. The number of nitrogens with zero attached hydrogens (tertiary/aromatic N) is 1. The van der Waals surface area contributed by atoms with Gasteiger partial charge in [-0.05, 0) is 40.2 Å². The van der Waals surface area contributed by atoms with E-state index in [2.05, 4.69) is 24.8 Å². The van der Waals surface area contributed by atoms with E-state index in [-0.39, 0.29) is 12.0 Å². The predicted molar refractivity (Wildman–Crippen MR) is 60.7 cm³/mol. The Labute approximate surface area is 92.1 Å². The van der Waals surface area contributed by atoms with Gasteiger partial charge < -0.3 is 4.74 Å². The first-order valence-electron chi connectivity index (χ1n) is 5.69. The Morgan fingerprint density at radius 1 is 1.53 bits per heavy atom. The van der Waals surface area contributed by atoms with Crippen molar-refractivity contribution in [2.75, 3.05) is 19.7 Å². The van der Waals surface area contributed by atoms with Crippen molar-refractivity contribution in [3.8, 4) is 0 Å². The van der Waals surface area contributed by atoms with E-state index >= 15 is 0 Å². The van der Waals surface area contributed by atoms with Crippen LogP contribution in [0.5, 0.6) is 0 Å². The lowest BCUT2D eigenvalue weighted by Gasteiger charge is -2.21. The van der Waals surface area contributed by atoms with Crippen LogP contribution in [-0.2, 0) is 9.53 Å². The molecule has 0 amide bonds. The van der Waals surface area contributed by atoms with Gasteiger partial charge in [0.05, 0.1) is 6.61 Å². The zero-order valence-electron chi connectivity index (χ0n) is 9.95. The summed E-state index contributed by atoms with van der Waals surface area (Å²) in [5.41, 5.74) is 1.30. The molecule has 1 aliphatic rings. The molecule has 1 saturated heterocycles. The molecule has 1 atom stereocenters. The lowest BCUT2D eigenvalue weighted by molar-refractivity contribution is -0.148. The zero-order valence-corrected chi connectivity index (χ0v) is 9.95. The van der Waals surface area contributed by atoms with Gasteiger partial charge >= 0.3 is 5.97 Å². The monoisotopic (exact) mass is 211 g/mol. The second-order valence-electron chi connectivity index (χ2n) is 4.19. The van der Waals surface area contributed by atoms with E-state index in [0.29, 0.717) is 6.61 Å². The molecule has 0 aromatic carbocycles. The van der Waals surface area contributed by atoms with Crippen molar-refractivity contribution in [3.63, 3.8) is 0 Å². The van der Waals surface area contributed by atoms with Gasteiger partial charge in [0.2, 0.25) is 0 Å². The number of rotatable bonds is 4. The fourth-order valence-corrected chi connectivity index (χ4v) is 1.85. The van der Waals surface area contributed by atoms with E-state index < -0.39 is 0 Å². The molecule has 0 spiro atoms. The second-order valence-corrected chi connectivity index (χ2v) is 4.19. The Hall–Kier alpha value is -0.830. The van der Waals surface area contributed by atoms with Crippen LogP contribution < -0.4 is 0 Å². The normalized spacial score (nSPS) is 21.4. The summed E-state index contributed by atoms with van der Waals surface area (Å²) >= 11 is 0. The zero-order chi connectivity index (χ0) is 11.3. The SMILES string of the molecule is CCOC(=O)C1CCCN1CC=C(C)C. The Kier molecular flexibility index (Phi) is 4.82. The topological polar surface area (TPSA) is 29.5 Å². The Bertz CT molecular complexity index is 244. The number of hydrogen-bond donors (Lipinski definition) is 0. The quantitative estimate of drug-likeness (QED) is 0.526. The third-order valence-electron chi connectivity index (χ3n) is 2.66. The lowest BCUT2D eigenvalue weighted by Crippen LogP contribution is -2.37. The smallest absolute Gasteiger partial charge is 0.323 e. The molecular weight excluding hydrogens is 190 g/mol. The highest BCUT2D eigenvalue weighted by Gasteiger charge is 2.30. The minimum atomic E-state index is -0.0582. The van der Waals surface area contributed by atoms with Crippen LogP contribution in [0.25, 0.3) is 0 Å². The summed E-state index contributed by atoms with van der Waals surface area (Å²) in [6, 6.07) is -0.0134. The molecule has 1 aliphatic heterocycles. The molecule has 1 fully saturated rings. The average molecular weight is 211 g/mol. The summed E-state index contributed by atoms with van der Waals surface area (Å²) in [5.74, 6) is -0.0582. The van der Waals surface area contributed by atoms with Gasteiger partial charge in [-0.15, -0.1) is 0 Å². The molecule has 86 valence electrons. The first kappa shape index (κ1) is 12.2. The van der Waals surface area contributed by atoms with Gasteiger partial charge in [-0.3, -0.25) is 9.69 Å². The first-order valence-corrected chi connectivity index (χ1v) is 5.69. The van der Waals surface area contributed by atoms with Crippen LogP contribution >= 0.6 is 0 Å². The van der Waals surface area contributed by atoms with Gasteiger partial charge in [-0.1, -0.05) is 11.6 Å². The summed E-state index contributed by atoms with van der Waals surface area (Å²) in [7, 11) is 0. The number of likely N-dealkylation sites (tertiary alicyclic amines) is 1. The molecule has 1 heterocycles. The molecule has 0 aliphatic carbocycles. The van der Waals surface area contributed by atoms with Crippen molar-refractivity contribution in [1.29, 1.82) is 0 Å². The van der Waals surface area contributed by atoms with Crippen molar-refractivity contribution in [2.45, 2.75) is 39.7 Å². The molecule has 15 heavy (non-hydrogen) atoms. The summed E-state index contributed by atoms with van der Waals surface area (Å²) in [6.07, 6.45) is 4.20. The molecular formula is C12H21NO2. The van der Waals surface area contributed by atoms with E-state index in [0.717, 1.165) is 25.9 Å². The van der Waals surface area contributed by atoms with Crippen LogP contribution in [0.3, 0.4) is 0 Å². The fourth-order valence-electron chi connectivity index (χ4n) is 1.85. The third-order valence-corrected chi connectivity index (χ3v) is 2.66. The third kappa shape index (κ3) is 3.67. The van der Waals surface area contributed by atoms with Crippen LogP contribution in [0.15, 0.2) is 11.6 Å². The fraction of sp³-hybridized carbons (Fsp3) is 0.750. The van der Waals surface area contributed by atoms with E-state index in [9.17, 15) is 4.79 Å². The van der Waals surface area contributed by atoms with Gasteiger partial charge in [0.1, 0.15) is 6.04 Å². The standard InChI is InChI=1S/C12H21NO2/c1-4-15-12(14)11-6-5-8-13(11)9-7-10(2)3/h7,11H,4-6,8-9H2,1-3H3. The first-order chi connectivity index (χ1) is 7.15. The highest BCUT2D eigenvalue weighted by atomic mass is 16.5. The van der Waals surface area contributed by atoms with Gasteiger partial charge in [0.15, 0.2) is 0 Å². The van der Waals surface area contributed by atoms with E-state index in [4.69, 9.17) is 4.74 Å². The van der Waals surface area contributed by atoms with Crippen molar-refractivity contribution in [1.82, 2.24) is 4.90 Å². The Morgan fingerprint density at radius 3 is 2.87 bits per heavy atom. The summed E-state index contributed by atoms with van der Waals surface area (Å²) < 4.78 is 5.06. The van der Waals surface area contributed by atoms with Gasteiger partial charge in [-0.25, -0.2) is 0 Å². The average Bonchev–Trinajstić information content (AvgIpc) is 2.62. The van der Waals surface area contributed by atoms with Gasteiger partial charge in [0.25, 0.3) is 0 Å². The minimum Gasteiger partial charge on any atom is -0.465 e. The summed E-state index contributed by atoms with van der Waals surface area (Å²) in [5, 5.41) is 0. The molecule has 1 unspecified atom stereocenters. The molecule has 0 aromatic rings. The van der Waals surface area contributed by atoms with E-state index in [1.807, 2.05) is 6.92 Å². The summed E-state index contributed by atoms with van der Waals surface area (Å²) in [4.78, 5) is 13.8. The minimum absolute atomic E-state index is 0.0134. The predicted octanol–water partition coefficient (Wildman–Crippen LogP) is 1.98. The molecule has 0 aromatic heterocycles. The van der Waals surface area contributed by atoms with Crippen LogP contribution in [0.4, 0.5) is 0 Å². The lowest BCUT2D eigenvalue weighted by atomic mass is 10.2. The van der Waals surface area contributed by atoms with Crippen LogP contribution in [0.2, 0.25) is 0 Å². The Balaban J connectivity index is 2.49. The van der Waals surface area contributed by atoms with Crippen molar-refractivity contribution >= 4 is 5.97 Å². The number of ether oxygens (including phenoxy) is 1.